The molecule has 1 aromatic rings. The molecule has 0 amide bonds. The second-order valence-corrected chi connectivity index (χ2v) is 3.59. The summed E-state index contributed by atoms with van der Waals surface area (Å²) in [7, 11) is 0. The summed E-state index contributed by atoms with van der Waals surface area (Å²) in [4.78, 5) is 23.1. The first-order chi connectivity index (χ1) is 7.63. The zero-order valence-corrected chi connectivity index (χ0v) is 10.4. The van der Waals surface area contributed by atoms with Crippen LogP contribution in [0.15, 0.2) is 34.3 Å². The Morgan fingerprint density at radius 2 is 1.12 bits per heavy atom. The van der Waals surface area contributed by atoms with Crippen molar-refractivity contribution < 1.29 is 9.59 Å². The number of hydrogen-bond acceptors (Lipinski definition) is 2. The van der Waals surface area contributed by atoms with Crippen molar-refractivity contribution in [2.75, 3.05) is 0 Å². The molecule has 0 saturated heterocycles. The van der Waals surface area contributed by atoms with Crippen LogP contribution in [0.1, 0.15) is 34.6 Å². The lowest BCUT2D eigenvalue weighted by Gasteiger charge is -2.12. The minimum atomic E-state index is -0.396. The number of hydrogen-bond donors (Lipinski definition) is 0. The van der Waals surface area contributed by atoms with Crippen molar-refractivity contribution in [2.24, 2.45) is 0 Å². The first kappa shape index (κ1) is 12.9. The Morgan fingerprint density at radius 1 is 0.812 bits per heavy atom. The fourth-order valence-electron chi connectivity index (χ4n) is 1.31. The quantitative estimate of drug-likeness (QED) is 0.708. The van der Waals surface area contributed by atoms with E-state index in [2.05, 4.69) is 0 Å². The minimum Gasteiger partial charge on any atom is -0.288 e. The third-order valence-electron chi connectivity index (χ3n) is 2.01. The molecule has 0 saturated carbocycles. The number of benzene rings is 1. The highest BCUT2D eigenvalue weighted by atomic mass is 35.5. The van der Waals surface area contributed by atoms with Crippen LogP contribution in [-0.2, 0) is 0 Å². The van der Waals surface area contributed by atoms with E-state index in [1.807, 2.05) is 13.8 Å². The van der Waals surface area contributed by atoms with Gasteiger partial charge in [0.15, 0.2) is 0 Å². The van der Waals surface area contributed by atoms with Gasteiger partial charge < -0.3 is 0 Å². The molecule has 16 heavy (non-hydrogen) atoms. The van der Waals surface area contributed by atoms with E-state index in [0.717, 1.165) is 0 Å². The van der Waals surface area contributed by atoms with Gasteiger partial charge >= 0.3 is 0 Å². The fraction of sp³-hybridized carbons (Fsp3) is 0.167. The first-order valence-corrected chi connectivity index (χ1v) is 5.62. The molecule has 0 bridgehead atoms. The van der Waals surface area contributed by atoms with Crippen molar-refractivity contribution in [1.82, 2.24) is 0 Å². The van der Waals surface area contributed by atoms with E-state index in [1.165, 1.54) is 0 Å². The summed E-state index contributed by atoms with van der Waals surface area (Å²) in [6.45, 7) is 4.00. The molecule has 1 aliphatic rings. The molecular formula is C12H10Cl2O2. The van der Waals surface area contributed by atoms with Gasteiger partial charge in [0.25, 0.3) is 0 Å². The molecule has 2 nitrogen and oxygen atoms in total. The van der Waals surface area contributed by atoms with Crippen LogP contribution in [0, 0.1) is 0 Å². The van der Waals surface area contributed by atoms with E-state index in [4.69, 9.17) is 23.2 Å². The van der Waals surface area contributed by atoms with Crippen molar-refractivity contribution in [3.8, 4) is 0 Å². The largest absolute Gasteiger partial charge is 0.288 e. The van der Waals surface area contributed by atoms with E-state index in [1.54, 1.807) is 24.3 Å². The normalized spacial score (nSPS) is 14.2. The number of carbonyl (C=O) groups is 2. The average Bonchev–Trinajstić information content (AvgIpc) is 2.36. The van der Waals surface area contributed by atoms with Crippen molar-refractivity contribution in [2.45, 2.75) is 13.8 Å². The van der Waals surface area contributed by atoms with Gasteiger partial charge in [-0.15, -0.1) is 0 Å². The van der Waals surface area contributed by atoms with Crippen molar-refractivity contribution in [3.05, 3.63) is 45.5 Å². The summed E-state index contributed by atoms with van der Waals surface area (Å²) in [5, 5.41) is -0.397. The minimum absolute atomic E-state index is 0.199. The zero-order chi connectivity index (χ0) is 12.3. The van der Waals surface area contributed by atoms with Gasteiger partial charge in [0.2, 0.25) is 11.6 Å². The van der Waals surface area contributed by atoms with E-state index in [-0.39, 0.29) is 10.1 Å². The van der Waals surface area contributed by atoms with Crippen molar-refractivity contribution in [3.63, 3.8) is 0 Å². The highest BCUT2D eigenvalue weighted by Gasteiger charge is 2.29. The Bertz CT molecular complexity index is 433. The molecule has 4 heteroatoms. The first-order valence-electron chi connectivity index (χ1n) is 4.86. The predicted molar refractivity (Wildman–Crippen MR) is 65.2 cm³/mol. The lowest BCUT2D eigenvalue weighted by atomic mass is 9.95. The smallest absolute Gasteiger partial charge is 0.206 e. The second kappa shape index (κ2) is 5.28. The van der Waals surface area contributed by atoms with Crippen LogP contribution in [0.25, 0.3) is 0 Å². The maximum Gasteiger partial charge on any atom is 0.206 e. The maximum atomic E-state index is 11.5. The van der Waals surface area contributed by atoms with Crippen LogP contribution < -0.4 is 0 Å². The molecule has 1 aromatic carbocycles. The molecule has 0 aliphatic heterocycles. The molecule has 0 heterocycles. The Labute approximate surface area is 104 Å². The number of Topliss-reactive ketones (excluding diaryl/α,β-unsaturated/α-hetero) is 2. The third kappa shape index (κ3) is 2.04. The third-order valence-corrected chi connectivity index (χ3v) is 2.83. The van der Waals surface area contributed by atoms with E-state index in [9.17, 15) is 9.59 Å². The Kier molecular flexibility index (Phi) is 4.27. The highest BCUT2D eigenvalue weighted by Crippen LogP contribution is 2.30. The lowest BCUT2D eigenvalue weighted by molar-refractivity contribution is 0.0987. The van der Waals surface area contributed by atoms with Crippen LogP contribution >= 0.6 is 23.2 Å². The summed E-state index contributed by atoms with van der Waals surface area (Å²) in [6, 6.07) is 6.46. The van der Waals surface area contributed by atoms with E-state index in [0.29, 0.717) is 11.1 Å². The van der Waals surface area contributed by atoms with Crippen LogP contribution in [0.5, 0.6) is 0 Å². The standard InChI is InChI=1S/C10H4Cl2O2.C2H6/c11-7-8(12)10(14)6-4-2-1-3-5(6)9(7)13;1-2/h1-4H;1-2H3. The lowest BCUT2D eigenvalue weighted by Crippen LogP contribution is -2.17. The molecule has 0 N–H and O–H groups in total. The summed E-state index contributed by atoms with van der Waals surface area (Å²) in [5.74, 6) is -0.793. The number of halogens is 2. The zero-order valence-electron chi connectivity index (χ0n) is 8.88. The molecule has 1 aliphatic carbocycles. The van der Waals surface area contributed by atoms with Crippen LogP contribution in [0.4, 0.5) is 0 Å². The van der Waals surface area contributed by atoms with Crippen LogP contribution in [0.2, 0.25) is 0 Å². The number of rotatable bonds is 0. The van der Waals surface area contributed by atoms with Gasteiger partial charge in [-0.25, -0.2) is 0 Å². The molecule has 0 spiro atoms. The molecule has 0 atom stereocenters. The summed E-state index contributed by atoms with van der Waals surface area (Å²) in [6.07, 6.45) is 0. The van der Waals surface area contributed by atoms with Crippen LogP contribution in [0.3, 0.4) is 0 Å². The molecule has 0 fully saturated rings. The number of ketones is 2. The number of carbonyl (C=O) groups excluding carboxylic acids is 2. The van der Waals surface area contributed by atoms with Gasteiger partial charge in [-0.3, -0.25) is 9.59 Å². The van der Waals surface area contributed by atoms with Gasteiger partial charge in [0, 0.05) is 11.1 Å². The van der Waals surface area contributed by atoms with Gasteiger partial charge in [-0.05, 0) is 0 Å². The SMILES string of the molecule is CC.O=C1C(Cl)=C(Cl)C(=O)c2ccccc21. The molecule has 2 rings (SSSR count). The maximum absolute atomic E-state index is 11.5. The Morgan fingerprint density at radius 3 is 1.44 bits per heavy atom. The number of fused-ring (bicyclic) bond motifs is 1. The monoisotopic (exact) mass is 256 g/mol. The second-order valence-electron chi connectivity index (χ2n) is 2.83. The fourth-order valence-corrected chi connectivity index (χ4v) is 1.69. The van der Waals surface area contributed by atoms with Gasteiger partial charge in [0.05, 0.1) is 0 Å². The highest BCUT2D eigenvalue weighted by molar-refractivity contribution is 6.59. The van der Waals surface area contributed by atoms with E-state index >= 15 is 0 Å². The predicted octanol–water partition coefficient (Wildman–Crippen LogP) is 3.78. The van der Waals surface area contributed by atoms with Crippen molar-refractivity contribution >= 4 is 34.8 Å². The van der Waals surface area contributed by atoms with Gasteiger partial charge in [-0.2, -0.15) is 0 Å². The summed E-state index contributed by atoms with van der Waals surface area (Å²) in [5.41, 5.74) is 0.624. The summed E-state index contributed by atoms with van der Waals surface area (Å²) >= 11 is 11.2. The van der Waals surface area contributed by atoms with Crippen LogP contribution in [-0.4, -0.2) is 11.6 Å². The van der Waals surface area contributed by atoms with Gasteiger partial charge in [0.1, 0.15) is 10.1 Å². The van der Waals surface area contributed by atoms with Crippen molar-refractivity contribution in [1.29, 1.82) is 0 Å². The Hall–Kier alpha value is -1.12. The van der Waals surface area contributed by atoms with E-state index < -0.39 is 11.6 Å². The summed E-state index contributed by atoms with van der Waals surface area (Å²) < 4.78 is 0. The Balaban J connectivity index is 0.000000606. The molecule has 84 valence electrons. The molecule has 0 aromatic heterocycles. The molecular weight excluding hydrogens is 247 g/mol. The molecule has 0 unspecified atom stereocenters. The topological polar surface area (TPSA) is 34.1 Å². The number of allylic oxidation sites excluding steroid dienone is 2. The molecule has 0 radical (unpaired) electrons. The average molecular weight is 257 g/mol. The van der Waals surface area contributed by atoms with Gasteiger partial charge in [-0.1, -0.05) is 61.3 Å².